The molecule has 0 aliphatic heterocycles. The molecule has 1 aromatic rings. The maximum atomic E-state index is 5.73. The van der Waals surface area contributed by atoms with Gasteiger partial charge in [-0.1, -0.05) is 44.4 Å². The summed E-state index contributed by atoms with van der Waals surface area (Å²) in [7, 11) is 1.71. The third kappa shape index (κ3) is 3.72. The lowest BCUT2D eigenvalue weighted by molar-refractivity contribution is 0.355. The fourth-order valence-electron chi connectivity index (χ4n) is 2.37. The lowest BCUT2D eigenvalue weighted by Gasteiger charge is -2.23. The number of aryl methyl sites for hydroxylation is 1. The Labute approximate surface area is 111 Å². The first kappa shape index (κ1) is 15.0. The van der Waals surface area contributed by atoms with E-state index < -0.39 is 0 Å². The molecule has 0 saturated heterocycles. The first-order valence-electron chi connectivity index (χ1n) is 6.76. The van der Waals surface area contributed by atoms with Gasteiger partial charge in [-0.25, -0.2) is 0 Å². The van der Waals surface area contributed by atoms with Crippen LogP contribution in [0, 0.1) is 12.8 Å². The van der Waals surface area contributed by atoms with Gasteiger partial charge in [0.2, 0.25) is 0 Å². The van der Waals surface area contributed by atoms with E-state index in [-0.39, 0.29) is 6.04 Å². The lowest BCUT2D eigenvalue weighted by atomic mass is 9.90. The standard InChI is InChI=1S/C15H26N2O/c1-5-12(6-2)10-14(17-16)13-9-11(3)7-8-15(13)18-4/h7-9,12,14,17H,5-6,10,16H2,1-4H3. The molecular formula is C15H26N2O. The van der Waals surface area contributed by atoms with Gasteiger partial charge in [-0.05, 0) is 25.3 Å². The normalized spacial score (nSPS) is 12.8. The van der Waals surface area contributed by atoms with Gasteiger partial charge in [-0.3, -0.25) is 11.3 Å². The van der Waals surface area contributed by atoms with Crippen molar-refractivity contribution < 1.29 is 4.74 Å². The second-order valence-corrected chi connectivity index (χ2v) is 4.88. The largest absolute Gasteiger partial charge is 0.496 e. The number of rotatable bonds is 7. The highest BCUT2D eigenvalue weighted by molar-refractivity contribution is 5.39. The van der Waals surface area contributed by atoms with E-state index >= 15 is 0 Å². The molecule has 0 amide bonds. The van der Waals surface area contributed by atoms with Crippen LogP contribution in [-0.2, 0) is 0 Å². The molecule has 0 heterocycles. The van der Waals surface area contributed by atoms with Crippen LogP contribution in [0.15, 0.2) is 18.2 Å². The molecular weight excluding hydrogens is 224 g/mol. The van der Waals surface area contributed by atoms with Crippen LogP contribution >= 0.6 is 0 Å². The number of hydrazine groups is 1. The zero-order valence-corrected chi connectivity index (χ0v) is 12.0. The molecule has 0 spiro atoms. The summed E-state index contributed by atoms with van der Waals surface area (Å²) in [5.74, 6) is 7.33. The maximum absolute atomic E-state index is 5.73. The van der Waals surface area contributed by atoms with Gasteiger partial charge in [0.1, 0.15) is 5.75 Å². The van der Waals surface area contributed by atoms with Crippen molar-refractivity contribution in [2.45, 2.75) is 46.1 Å². The number of hydrogen-bond donors (Lipinski definition) is 2. The minimum atomic E-state index is 0.157. The Morgan fingerprint density at radius 1 is 1.28 bits per heavy atom. The number of nitrogens with two attached hydrogens (primary N) is 1. The van der Waals surface area contributed by atoms with Crippen LogP contribution < -0.4 is 16.0 Å². The fraction of sp³-hybridized carbons (Fsp3) is 0.600. The van der Waals surface area contributed by atoms with Gasteiger partial charge in [0.25, 0.3) is 0 Å². The van der Waals surface area contributed by atoms with E-state index in [9.17, 15) is 0 Å². The molecule has 1 atom stereocenters. The molecule has 0 saturated carbocycles. The summed E-state index contributed by atoms with van der Waals surface area (Å²) in [6.45, 7) is 6.55. The van der Waals surface area contributed by atoms with E-state index in [0.717, 1.165) is 17.7 Å². The maximum Gasteiger partial charge on any atom is 0.123 e. The van der Waals surface area contributed by atoms with Crippen LogP contribution in [0.2, 0.25) is 0 Å². The lowest BCUT2D eigenvalue weighted by Crippen LogP contribution is -2.30. The van der Waals surface area contributed by atoms with E-state index in [1.807, 2.05) is 6.07 Å². The number of hydrogen-bond acceptors (Lipinski definition) is 3. The van der Waals surface area contributed by atoms with Crippen molar-refractivity contribution in [3.63, 3.8) is 0 Å². The van der Waals surface area contributed by atoms with Crippen molar-refractivity contribution in [1.82, 2.24) is 5.43 Å². The van der Waals surface area contributed by atoms with Crippen LogP contribution in [0.25, 0.3) is 0 Å². The molecule has 0 aliphatic rings. The summed E-state index contributed by atoms with van der Waals surface area (Å²) in [4.78, 5) is 0. The van der Waals surface area contributed by atoms with E-state index in [1.165, 1.54) is 18.4 Å². The summed E-state index contributed by atoms with van der Waals surface area (Å²) in [6.07, 6.45) is 3.41. The SMILES string of the molecule is CCC(CC)CC(NN)c1cc(C)ccc1OC. The van der Waals surface area contributed by atoms with Crippen molar-refractivity contribution in [3.05, 3.63) is 29.3 Å². The highest BCUT2D eigenvalue weighted by Crippen LogP contribution is 2.31. The second-order valence-electron chi connectivity index (χ2n) is 4.88. The predicted octanol–water partition coefficient (Wildman–Crippen LogP) is 3.33. The zero-order valence-electron chi connectivity index (χ0n) is 12.0. The van der Waals surface area contributed by atoms with E-state index in [1.54, 1.807) is 7.11 Å². The first-order chi connectivity index (χ1) is 8.65. The summed E-state index contributed by atoms with van der Waals surface area (Å²) in [5.41, 5.74) is 5.33. The summed E-state index contributed by atoms with van der Waals surface area (Å²) in [6, 6.07) is 6.39. The van der Waals surface area contributed by atoms with Gasteiger partial charge in [0.05, 0.1) is 7.11 Å². The van der Waals surface area contributed by atoms with Crippen LogP contribution in [0.5, 0.6) is 5.75 Å². The van der Waals surface area contributed by atoms with E-state index in [2.05, 4.69) is 38.3 Å². The van der Waals surface area contributed by atoms with Gasteiger partial charge in [0, 0.05) is 11.6 Å². The highest BCUT2D eigenvalue weighted by Gasteiger charge is 2.18. The molecule has 1 aromatic carbocycles. The number of ether oxygens (including phenoxy) is 1. The van der Waals surface area contributed by atoms with Gasteiger partial charge in [-0.15, -0.1) is 0 Å². The molecule has 0 radical (unpaired) electrons. The smallest absolute Gasteiger partial charge is 0.123 e. The molecule has 1 unspecified atom stereocenters. The van der Waals surface area contributed by atoms with Crippen LogP contribution in [0.1, 0.15) is 50.3 Å². The summed E-state index contributed by atoms with van der Waals surface area (Å²) in [5, 5.41) is 0. The molecule has 0 fully saturated rings. The van der Waals surface area contributed by atoms with Crippen molar-refractivity contribution in [3.8, 4) is 5.75 Å². The van der Waals surface area contributed by atoms with Crippen molar-refractivity contribution in [1.29, 1.82) is 0 Å². The molecule has 3 nitrogen and oxygen atoms in total. The second kappa shape index (κ2) is 7.39. The molecule has 18 heavy (non-hydrogen) atoms. The van der Waals surface area contributed by atoms with Gasteiger partial charge >= 0.3 is 0 Å². The number of benzene rings is 1. The monoisotopic (exact) mass is 250 g/mol. The Bertz CT molecular complexity index is 362. The van der Waals surface area contributed by atoms with Crippen LogP contribution in [0.3, 0.4) is 0 Å². The Kier molecular flexibility index (Phi) is 6.16. The molecule has 0 aromatic heterocycles. The Balaban J connectivity index is 2.96. The average Bonchev–Trinajstić information content (AvgIpc) is 2.40. The molecule has 1 rings (SSSR count). The quantitative estimate of drug-likeness (QED) is 0.576. The molecule has 102 valence electrons. The molecule has 0 aliphatic carbocycles. The van der Waals surface area contributed by atoms with Gasteiger partial charge in [0.15, 0.2) is 0 Å². The molecule has 3 heteroatoms. The van der Waals surface area contributed by atoms with Gasteiger partial charge < -0.3 is 4.74 Å². The zero-order chi connectivity index (χ0) is 13.5. The highest BCUT2D eigenvalue weighted by atomic mass is 16.5. The van der Waals surface area contributed by atoms with Crippen molar-refractivity contribution in [2.75, 3.05) is 7.11 Å². The molecule has 0 bridgehead atoms. The average molecular weight is 250 g/mol. The fourth-order valence-corrected chi connectivity index (χ4v) is 2.37. The molecule has 3 N–H and O–H groups in total. The van der Waals surface area contributed by atoms with E-state index in [0.29, 0.717) is 5.92 Å². The number of methoxy groups -OCH3 is 1. The van der Waals surface area contributed by atoms with Gasteiger partial charge in [-0.2, -0.15) is 0 Å². The van der Waals surface area contributed by atoms with Crippen molar-refractivity contribution >= 4 is 0 Å². The number of nitrogens with one attached hydrogen (secondary N) is 1. The first-order valence-corrected chi connectivity index (χ1v) is 6.76. The Morgan fingerprint density at radius 3 is 2.44 bits per heavy atom. The van der Waals surface area contributed by atoms with Crippen LogP contribution in [-0.4, -0.2) is 7.11 Å². The van der Waals surface area contributed by atoms with E-state index in [4.69, 9.17) is 10.6 Å². The summed E-state index contributed by atoms with van der Waals surface area (Å²) >= 11 is 0. The Morgan fingerprint density at radius 2 is 1.94 bits per heavy atom. The minimum absolute atomic E-state index is 0.157. The topological polar surface area (TPSA) is 47.3 Å². The Hall–Kier alpha value is -1.06. The third-order valence-corrected chi connectivity index (χ3v) is 3.69. The third-order valence-electron chi connectivity index (χ3n) is 3.69. The minimum Gasteiger partial charge on any atom is -0.496 e. The summed E-state index contributed by atoms with van der Waals surface area (Å²) < 4.78 is 5.44. The van der Waals surface area contributed by atoms with Crippen molar-refractivity contribution in [2.24, 2.45) is 11.8 Å². The predicted molar refractivity (Wildman–Crippen MR) is 76.5 cm³/mol. The van der Waals surface area contributed by atoms with Crippen LogP contribution in [0.4, 0.5) is 0 Å².